The first-order valence-corrected chi connectivity index (χ1v) is 7.36. The van der Waals surface area contributed by atoms with Gasteiger partial charge in [0.1, 0.15) is 5.75 Å². The van der Waals surface area contributed by atoms with Crippen molar-refractivity contribution in [3.05, 3.63) is 59.7 Å². The lowest BCUT2D eigenvalue weighted by Crippen LogP contribution is -2.28. The van der Waals surface area contributed by atoms with Crippen LogP contribution in [0.3, 0.4) is 0 Å². The molecule has 2 aromatic rings. The molecule has 0 atom stereocenters. The smallest absolute Gasteiger partial charge is 0.319 e. The summed E-state index contributed by atoms with van der Waals surface area (Å²) in [5.74, 6) is 1.29. The Kier molecular flexibility index (Phi) is 5.42. The second kappa shape index (κ2) is 7.50. The Balaban J connectivity index is 1.84. The highest BCUT2D eigenvalue weighted by atomic mass is 16.5. The van der Waals surface area contributed by atoms with E-state index in [0.717, 1.165) is 17.0 Å². The number of benzene rings is 2. The first-order chi connectivity index (χ1) is 10.6. The second-order valence-corrected chi connectivity index (χ2v) is 5.43. The van der Waals surface area contributed by atoms with E-state index in [1.54, 1.807) is 7.11 Å². The van der Waals surface area contributed by atoms with E-state index in [-0.39, 0.29) is 6.03 Å². The van der Waals surface area contributed by atoms with Crippen LogP contribution in [0.1, 0.15) is 30.9 Å². The van der Waals surface area contributed by atoms with Crippen LogP contribution in [-0.4, -0.2) is 13.1 Å². The van der Waals surface area contributed by atoms with Crippen LogP contribution < -0.4 is 15.4 Å². The van der Waals surface area contributed by atoms with Crippen molar-refractivity contribution in [1.82, 2.24) is 5.32 Å². The number of hydrogen-bond donors (Lipinski definition) is 2. The summed E-state index contributed by atoms with van der Waals surface area (Å²) in [6.07, 6.45) is 0. The topological polar surface area (TPSA) is 50.4 Å². The molecule has 0 fully saturated rings. The van der Waals surface area contributed by atoms with Crippen molar-refractivity contribution in [3.63, 3.8) is 0 Å². The van der Waals surface area contributed by atoms with Gasteiger partial charge < -0.3 is 15.4 Å². The Morgan fingerprint density at radius 1 is 1.05 bits per heavy atom. The van der Waals surface area contributed by atoms with E-state index in [1.165, 1.54) is 5.56 Å². The maximum atomic E-state index is 11.9. The second-order valence-electron chi connectivity index (χ2n) is 5.43. The van der Waals surface area contributed by atoms with Gasteiger partial charge in [-0.3, -0.25) is 0 Å². The number of ether oxygens (including phenoxy) is 1. The lowest BCUT2D eigenvalue weighted by molar-refractivity contribution is 0.251. The molecule has 0 saturated heterocycles. The van der Waals surface area contributed by atoms with Gasteiger partial charge in [0.25, 0.3) is 0 Å². The molecule has 0 aliphatic rings. The van der Waals surface area contributed by atoms with Crippen LogP contribution in [0.25, 0.3) is 0 Å². The molecule has 2 aromatic carbocycles. The van der Waals surface area contributed by atoms with Gasteiger partial charge in [0, 0.05) is 12.2 Å². The van der Waals surface area contributed by atoms with Gasteiger partial charge in [-0.15, -0.1) is 0 Å². The summed E-state index contributed by atoms with van der Waals surface area (Å²) >= 11 is 0. The van der Waals surface area contributed by atoms with Gasteiger partial charge >= 0.3 is 6.03 Å². The number of urea groups is 1. The Morgan fingerprint density at radius 2 is 1.68 bits per heavy atom. The molecular formula is C18H22N2O2. The maximum Gasteiger partial charge on any atom is 0.319 e. The highest BCUT2D eigenvalue weighted by molar-refractivity contribution is 5.89. The number of amides is 2. The molecule has 0 spiro atoms. The number of methoxy groups -OCH3 is 1. The zero-order chi connectivity index (χ0) is 15.9. The van der Waals surface area contributed by atoms with E-state index in [1.807, 2.05) is 48.5 Å². The Morgan fingerprint density at radius 3 is 2.23 bits per heavy atom. The predicted molar refractivity (Wildman–Crippen MR) is 89.4 cm³/mol. The zero-order valence-corrected chi connectivity index (χ0v) is 13.2. The number of anilines is 1. The first-order valence-electron chi connectivity index (χ1n) is 7.36. The Labute approximate surface area is 131 Å². The van der Waals surface area contributed by atoms with Gasteiger partial charge in [-0.1, -0.05) is 38.1 Å². The molecule has 2 N–H and O–H groups in total. The molecule has 116 valence electrons. The fourth-order valence-electron chi connectivity index (χ4n) is 2.05. The summed E-state index contributed by atoms with van der Waals surface area (Å²) in [6.45, 7) is 4.76. The SMILES string of the molecule is COc1ccc(CNC(=O)Nc2ccc(C(C)C)cc2)cc1. The van der Waals surface area contributed by atoms with Crippen LogP contribution in [0.15, 0.2) is 48.5 Å². The molecule has 2 rings (SSSR count). The molecule has 0 radical (unpaired) electrons. The summed E-state index contributed by atoms with van der Waals surface area (Å²) in [6, 6.07) is 15.3. The normalized spacial score (nSPS) is 10.4. The van der Waals surface area contributed by atoms with Crippen molar-refractivity contribution in [2.24, 2.45) is 0 Å². The van der Waals surface area contributed by atoms with E-state index in [0.29, 0.717) is 12.5 Å². The van der Waals surface area contributed by atoms with Gasteiger partial charge in [-0.05, 0) is 41.3 Å². The Hall–Kier alpha value is -2.49. The number of carbonyl (C=O) groups is 1. The van der Waals surface area contributed by atoms with Crippen LogP contribution in [0, 0.1) is 0 Å². The van der Waals surface area contributed by atoms with Crippen LogP contribution in [0.2, 0.25) is 0 Å². The standard InChI is InChI=1S/C18H22N2O2/c1-13(2)15-6-8-16(9-7-15)20-18(21)19-12-14-4-10-17(22-3)11-5-14/h4-11,13H,12H2,1-3H3,(H2,19,20,21). The third-order valence-electron chi connectivity index (χ3n) is 3.45. The highest BCUT2D eigenvalue weighted by Crippen LogP contribution is 2.17. The fourth-order valence-corrected chi connectivity index (χ4v) is 2.05. The summed E-state index contributed by atoms with van der Waals surface area (Å²) in [5.41, 5.74) is 3.06. The predicted octanol–water partition coefficient (Wildman–Crippen LogP) is 4.14. The minimum absolute atomic E-state index is 0.215. The zero-order valence-electron chi connectivity index (χ0n) is 13.2. The number of nitrogens with one attached hydrogen (secondary N) is 2. The summed E-state index contributed by atoms with van der Waals surface area (Å²) in [7, 11) is 1.63. The molecule has 0 bridgehead atoms. The van der Waals surface area contributed by atoms with Crippen LogP contribution in [-0.2, 0) is 6.54 Å². The lowest BCUT2D eigenvalue weighted by atomic mass is 10.0. The number of rotatable bonds is 5. The highest BCUT2D eigenvalue weighted by Gasteiger charge is 2.03. The van der Waals surface area contributed by atoms with Gasteiger partial charge in [0.05, 0.1) is 7.11 Å². The van der Waals surface area contributed by atoms with Crippen molar-refractivity contribution in [2.75, 3.05) is 12.4 Å². The number of hydrogen-bond acceptors (Lipinski definition) is 2. The third kappa shape index (κ3) is 4.52. The number of carbonyl (C=O) groups excluding carboxylic acids is 1. The average molecular weight is 298 g/mol. The van der Waals surface area contributed by atoms with Gasteiger partial charge in [0.15, 0.2) is 0 Å². The van der Waals surface area contributed by atoms with E-state index in [9.17, 15) is 4.79 Å². The van der Waals surface area contributed by atoms with E-state index in [2.05, 4.69) is 24.5 Å². The molecular weight excluding hydrogens is 276 g/mol. The fraction of sp³-hybridized carbons (Fsp3) is 0.278. The van der Waals surface area contributed by atoms with Crippen molar-refractivity contribution in [2.45, 2.75) is 26.3 Å². The maximum absolute atomic E-state index is 11.9. The molecule has 22 heavy (non-hydrogen) atoms. The quantitative estimate of drug-likeness (QED) is 0.871. The molecule has 0 unspecified atom stereocenters. The molecule has 0 aliphatic carbocycles. The van der Waals surface area contributed by atoms with Crippen LogP contribution >= 0.6 is 0 Å². The Bertz CT molecular complexity index is 604. The summed E-state index contributed by atoms with van der Waals surface area (Å²) < 4.78 is 5.10. The van der Waals surface area contributed by atoms with E-state index in [4.69, 9.17) is 4.74 Å². The van der Waals surface area contributed by atoms with Gasteiger partial charge in [-0.25, -0.2) is 4.79 Å². The lowest BCUT2D eigenvalue weighted by Gasteiger charge is -2.10. The van der Waals surface area contributed by atoms with Crippen LogP contribution in [0.4, 0.5) is 10.5 Å². The van der Waals surface area contributed by atoms with Crippen LogP contribution in [0.5, 0.6) is 5.75 Å². The molecule has 0 aromatic heterocycles. The van der Waals surface area contributed by atoms with Crippen molar-refractivity contribution in [3.8, 4) is 5.75 Å². The molecule has 0 saturated carbocycles. The minimum Gasteiger partial charge on any atom is -0.497 e. The molecule has 0 heterocycles. The minimum atomic E-state index is -0.215. The molecule has 4 heteroatoms. The van der Waals surface area contributed by atoms with E-state index >= 15 is 0 Å². The van der Waals surface area contributed by atoms with Crippen molar-refractivity contribution < 1.29 is 9.53 Å². The van der Waals surface area contributed by atoms with Crippen molar-refractivity contribution in [1.29, 1.82) is 0 Å². The largest absolute Gasteiger partial charge is 0.497 e. The molecule has 4 nitrogen and oxygen atoms in total. The molecule has 2 amide bonds. The average Bonchev–Trinajstić information content (AvgIpc) is 2.54. The van der Waals surface area contributed by atoms with E-state index < -0.39 is 0 Å². The summed E-state index contributed by atoms with van der Waals surface area (Å²) in [4.78, 5) is 11.9. The third-order valence-corrected chi connectivity index (χ3v) is 3.45. The van der Waals surface area contributed by atoms with Gasteiger partial charge in [0.2, 0.25) is 0 Å². The monoisotopic (exact) mass is 298 g/mol. The first kappa shape index (κ1) is 15.9. The molecule has 0 aliphatic heterocycles. The summed E-state index contributed by atoms with van der Waals surface area (Å²) in [5, 5.41) is 5.66. The van der Waals surface area contributed by atoms with Crippen molar-refractivity contribution >= 4 is 11.7 Å². The van der Waals surface area contributed by atoms with Gasteiger partial charge in [-0.2, -0.15) is 0 Å².